The molecule has 0 radical (unpaired) electrons. The van der Waals surface area contributed by atoms with Crippen molar-refractivity contribution >= 4 is 60.6 Å². The van der Waals surface area contributed by atoms with Crippen LogP contribution in [-0.2, 0) is 9.84 Å². The Kier molecular flexibility index (Phi) is 5.06. The molecule has 0 fully saturated rings. The average Bonchev–Trinajstić information content (AvgIpc) is 2.43. The summed E-state index contributed by atoms with van der Waals surface area (Å²) >= 11 is 14.9. The standard InChI is InChI=1S/C12H8BrCl2N3O3S/c1-22(20,21)12-16-5-6(13)10(18-12)11(19)17-8-4-2-3-7(14)9(8)15/h2-5H,1H3,(H,17,19). The Labute approximate surface area is 144 Å². The van der Waals surface area contributed by atoms with E-state index in [1.54, 1.807) is 18.2 Å². The van der Waals surface area contributed by atoms with Gasteiger partial charge < -0.3 is 5.32 Å². The van der Waals surface area contributed by atoms with Gasteiger partial charge in [-0.2, -0.15) is 0 Å². The fourth-order valence-electron chi connectivity index (χ4n) is 1.47. The Morgan fingerprint density at radius 2 is 2.00 bits per heavy atom. The van der Waals surface area contributed by atoms with Gasteiger partial charge in [-0.3, -0.25) is 4.79 Å². The SMILES string of the molecule is CS(=O)(=O)c1ncc(Br)c(C(=O)Nc2cccc(Cl)c2Cl)n1. The third kappa shape index (κ3) is 3.75. The molecular weight excluding hydrogens is 417 g/mol. The number of anilines is 1. The molecule has 0 atom stereocenters. The molecule has 0 saturated carbocycles. The zero-order chi connectivity index (χ0) is 16.5. The summed E-state index contributed by atoms with van der Waals surface area (Å²) < 4.78 is 23.2. The van der Waals surface area contributed by atoms with Gasteiger partial charge in [0.2, 0.25) is 15.0 Å². The van der Waals surface area contributed by atoms with Crippen molar-refractivity contribution in [1.29, 1.82) is 0 Å². The van der Waals surface area contributed by atoms with E-state index in [0.29, 0.717) is 0 Å². The molecule has 116 valence electrons. The second-order valence-corrected chi connectivity index (χ2v) is 7.73. The molecule has 6 nitrogen and oxygen atoms in total. The van der Waals surface area contributed by atoms with E-state index in [-0.39, 0.29) is 25.9 Å². The first-order valence-corrected chi connectivity index (χ1v) is 9.12. The van der Waals surface area contributed by atoms with Crippen LogP contribution in [0.15, 0.2) is 34.0 Å². The van der Waals surface area contributed by atoms with Gasteiger partial charge in [-0.25, -0.2) is 18.4 Å². The third-order valence-electron chi connectivity index (χ3n) is 2.47. The zero-order valence-corrected chi connectivity index (χ0v) is 14.9. The first kappa shape index (κ1) is 17.1. The van der Waals surface area contributed by atoms with Crippen LogP contribution in [0.5, 0.6) is 0 Å². The Hall–Kier alpha value is -1.22. The number of carbonyl (C=O) groups excluding carboxylic acids is 1. The van der Waals surface area contributed by atoms with Gasteiger partial charge in [0.05, 0.1) is 20.2 Å². The smallest absolute Gasteiger partial charge is 0.275 e. The topological polar surface area (TPSA) is 89.0 Å². The molecule has 0 aliphatic rings. The van der Waals surface area contributed by atoms with Crippen LogP contribution in [0, 0.1) is 0 Å². The number of aromatic nitrogens is 2. The molecule has 10 heteroatoms. The predicted molar refractivity (Wildman–Crippen MR) is 87.3 cm³/mol. The normalized spacial score (nSPS) is 11.3. The molecule has 0 aliphatic carbocycles. The molecule has 22 heavy (non-hydrogen) atoms. The van der Waals surface area contributed by atoms with E-state index < -0.39 is 20.9 Å². The van der Waals surface area contributed by atoms with E-state index in [1.165, 1.54) is 6.20 Å². The first-order valence-electron chi connectivity index (χ1n) is 5.68. The second-order valence-electron chi connectivity index (χ2n) is 4.18. The van der Waals surface area contributed by atoms with Crippen LogP contribution in [0.1, 0.15) is 10.5 Å². The molecule has 1 N–H and O–H groups in total. The van der Waals surface area contributed by atoms with Crippen LogP contribution in [-0.4, -0.2) is 30.5 Å². The zero-order valence-electron chi connectivity index (χ0n) is 11.0. The van der Waals surface area contributed by atoms with E-state index in [4.69, 9.17) is 23.2 Å². The number of hydrogen-bond donors (Lipinski definition) is 1. The molecule has 0 bridgehead atoms. The number of amides is 1. The van der Waals surface area contributed by atoms with Crippen LogP contribution in [0.4, 0.5) is 5.69 Å². The van der Waals surface area contributed by atoms with Crippen LogP contribution >= 0.6 is 39.1 Å². The van der Waals surface area contributed by atoms with Gasteiger partial charge in [0, 0.05) is 12.5 Å². The van der Waals surface area contributed by atoms with E-state index in [0.717, 1.165) is 6.26 Å². The molecule has 0 saturated heterocycles. The highest BCUT2D eigenvalue weighted by Crippen LogP contribution is 2.30. The monoisotopic (exact) mass is 423 g/mol. The predicted octanol–water partition coefficient (Wildman–Crippen LogP) is 3.20. The molecule has 1 heterocycles. The number of carbonyl (C=O) groups is 1. The van der Waals surface area contributed by atoms with Crippen molar-refractivity contribution in [2.45, 2.75) is 5.16 Å². The van der Waals surface area contributed by atoms with Crippen LogP contribution in [0.25, 0.3) is 0 Å². The van der Waals surface area contributed by atoms with Crippen molar-refractivity contribution < 1.29 is 13.2 Å². The molecule has 0 unspecified atom stereocenters. The highest BCUT2D eigenvalue weighted by molar-refractivity contribution is 9.10. The average molecular weight is 425 g/mol. The van der Waals surface area contributed by atoms with Crippen molar-refractivity contribution in [3.8, 4) is 0 Å². The maximum atomic E-state index is 12.2. The Morgan fingerprint density at radius 1 is 1.32 bits per heavy atom. The van der Waals surface area contributed by atoms with Crippen molar-refractivity contribution in [2.75, 3.05) is 11.6 Å². The fraction of sp³-hybridized carbons (Fsp3) is 0.0833. The summed E-state index contributed by atoms with van der Waals surface area (Å²) in [6.07, 6.45) is 2.14. The van der Waals surface area contributed by atoms with E-state index in [2.05, 4.69) is 31.2 Å². The number of nitrogens with one attached hydrogen (secondary N) is 1. The number of hydrogen-bond acceptors (Lipinski definition) is 5. The quantitative estimate of drug-likeness (QED) is 0.764. The second kappa shape index (κ2) is 6.49. The number of nitrogens with zero attached hydrogens (tertiary/aromatic N) is 2. The molecule has 2 rings (SSSR count). The van der Waals surface area contributed by atoms with Crippen molar-refractivity contribution in [2.24, 2.45) is 0 Å². The maximum Gasteiger partial charge on any atom is 0.275 e. The van der Waals surface area contributed by atoms with Crippen molar-refractivity contribution in [3.63, 3.8) is 0 Å². The molecular formula is C12H8BrCl2N3O3S. The molecule has 1 amide bonds. The van der Waals surface area contributed by atoms with E-state index >= 15 is 0 Å². The molecule has 0 spiro atoms. The summed E-state index contributed by atoms with van der Waals surface area (Å²) in [4.78, 5) is 19.7. The fourth-order valence-corrected chi connectivity index (χ4v) is 2.69. The minimum Gasteiger partial charge on any atom is -0.319 e. The molecule has 1 aromatic heterocycles. The van der Waals surface area contributed by atoms with Crippen LogP contribution < -0.4 is 5.32 Å². The van der Waals surface area contributed by atoms with Crippen molar-refractivity contribution in [1.82, 2.24) is 9.97 Å². The van der Waals surface area contributed by atoms with Gasteiger partial charge in [-0.15, -0.1) is 0 Å². The summed E-state index contributed by atoms with van der Waals surface area (Å²) in [7, 11) is -3.63. The minimum absolute atomic E-state index is 0.133. The van der Waals surface area contributed by atoms with Gasteiger partial charge in [-0.05, 0) is 28.1 Å². The number of benzene rings is 1. The van der Waals surface area contributed by atoms with Gasteiger partial charge in [0.15, 0.2) is 0 Å². The van der Waals surface area contributed by atoms with Crippen LogP contribution in [0.3, 0.4) is 0 Å². The summed E-state index contributed by atoms with van der Waals surface area (Å²) in [5.74, 6) is -0.650. The van der Waals surface area contributed by atoms with E-state index in [9.17, 15) is 13.2 Å². The summed E-state index contributed by atoms with van der Waals surface area (Å²) in [6.45, 7) is 0. The van der Waals surface area contributed by atoms with Crippen molar-refractivity contribution in [3.05, 3.63) is 44.6 Å². The molecule has 1 aromatic carbocycles. The maximum absolute atomic E-state index is 12.2. The molecule has 0 aliphatic heterocycles. The Balaban J connectivity index is 2.40. The third-order valence-corrected chi connectivity index (χ3v) is 4.73. The lowest BCUT2D eigenvalue weighted by Crippen LogP contribution is -2.17. The summed E-state index contributed by atoms with van der Waals surface area (Å²) in [5, 5.41) is 2.52. The minimum atomic E-state index is -3.63. The Bertz CT molecular complexity index is 859. The van der Waals surface area contributed by atoms with Gasteiger partial charge in [0.1, 0.15) is 5.69 Å². The number of sulfone groups is 1. The lowest BCUT2D eigenvalue weighted by Gasteiger charge is -2.09. The lowest BCUT2D eigenvalue weighted by atomic mass is 10.3. The largest absolute Gasteiger partial charge is 0.319 e. The molecule has 2 aromatic rings. The van der Waals surface area contributed by atoms with Gasteiger partial charge in [-0.1, -0.05) is 29.3 Å². The highest BCUT2D eigenvalue weighted by Gasteiger charge is 2.19. The van der Waals surface area contributed by atoms with Gasteiger partial charge in [0.25, 0.3) is 5.91 Å². The number of halogens is 3. The number of rotatable bonds is 3. The summed E-state index contributed by atoms with van der Waals surface area (Å²) in [6, 6.07) is 4.74. The van der Waals surface area contributed by atoms with Crippen LogP contribution in [0.2, 0.25) is 10.0 Å². The summed E-state index contributed by atoms with van der Waals surface area (Å²) in [5.41, 5.74) is 0.150. The Morgan fingerprint density at radius 3 is 2.64 bits per heavy atom. The van der Waals surface area contributed by atoms with E-state index in [1.807, 2.05) is 0 Å². The highest BCUT2D eigenvalue weighted by atomic mass is 79.9. The lowest BCUT2D eigenvalue weighted by molar-refractivity contribution is 0.102. The first-order chi connectivity index (χ1) is 10.2. The van der Waals surface area contributed by atoms with Gasteiger partial charge >= 0.3 is 0 Å².